The molecule has 0 bridgehead atoms. The largest absolute Gasteiger partial charge is 0.497 e. The van der Waals surface area contributed by atoms with E-state index in [9.17, 15) is 9.59 Å². The van der Waals surface area contributed by atoms with Gasteiger partial charge in [-0.2, -0.15) is 0 Å². The first-order chi connectivity index (χ1) is 10.5. The van der Waals surface area contributed by atoms with Gasteiger partial charge in [-0.3, -0.25) is 19.8 Å². The lowest BCUT2D eigenvalue weighted by atomic mass is 10.1. The van der Waals surface area contributed by atoms with Gasteiger partial charge in [0, 0.05) is 12.1 Å². The van der Waals surface area contributed by atoms with E-state index in [1.165, 1.54) is 25.2 Å². The number of thiocarbonyl (C=S) groups is 1. The minimum absolute atomic E-state index is 0.00185. The molecule has 0 saturated carbocycles. The zero-order valence-corrected chi connectivity index (χ0v) is 13.3. The molecule has 22 heavy (non-hydrogen) atoms. The van der Waals surface area contributed by atoms with Crippen LogP contribution < -0.4 is 14.8 Å². The van der Waals surface area contributed by atoms with Crippen LogP contribution in [0.2, 0.25) is 0 Å². The molecule has 1 N–H and O–H groups in total. The van der Waals surface area contributed by atoms with E-state index in [1.807, 2.05) is 0 Å². The number of nitrogens with zero attached hydrogens (tertiary/aromatic N) is 1. The maximum Gasteiger partial charge on any atom is 0.265 e. The molecule has 1 aliphatic rings. The topological polar surface area (TPSA) is 67.9 Å². The number of rotatable bonds is 4. The van der Waals surface area contributed by atoms with Crippen molar-refractivity contribution in [2.24, 2.45) is 0 Å². The summed E-state index contributed by atoms with van der Waals surface area (Å²) in [6.45, 7) is 2.16. The lowest BCUT2D eigenvalue weighted by molar-refractivity contribution is -0.128. The van der Waals surface area contributed by atoms with Crippen LogP contribution in [-0.2, 0) is 9.59 Å². The molecule has 2 amide bonds. The van der Waals surface area contributed by atoms with Crippen molar-refractivity contribution in [3.05, 3.63) is 29.3 Å². The van der Waals surface area contributed by atoms with Crippen LogP contribution >= 0.6 is 12.2 Å². The average Bonchev–Trinajstić information content (AvgIpc) is 2.51. The monoisotopic (exact) mass is 320 g/mol. The van der Waals surface area contributed by atoms with Crippen LogP contribution in [0.5, 0.6) is 11.5 Å². The van der Waals surface area contributed by atoms with E-state index in [0.29, 0.717) is 23.6 Å². The Morgan fingerprint density at radius 3 is 2.59 bits per heavy atom. The Hall–Kier alpha value is -2.41. The molecule has 0 unspecified atom stereocenters. The molecule has 1 saturated heterocycles. The van der Waals surface area contributed by atoms with E-state index in [2.05, 4.69) is 5.32 Å². The van der Waals surface area contributed by atoms with Gasteiger partial charge in [0.15, 0.2) is 5.11 Å². The zero-order chi connectivity index (χ0) is 16.3. The SMILES string of the molecule is CCN1C(=O)C(=Cc2cc(OC)ccc2OC)C(=O)NC1=S. The van der Waals surface area contributed by atoms with Gasteiger partial charge in [0.25, 0.3) is 11.8 Å². The van der Waals surface area contributed by atoms with Crippen molar-refractivity contribution in [2.45, 2.75) is 6.92 Å². The van der Waals surface area contributed by atoms with Gasteiger partial charge >= 0.3 is 0 Å². The van der Waals surface area contributed by atoms with Crippen LogP contribution in [-0.4, -0.2) is 42.6 Å². The summed E-state index contributed by atoms with van der Waals surface area (Å²) < 4.78 is 10.4. The van der Waals surface area contributed by atoms with Gasteiger partial charge in [-0.15, -0.1) is 0 Å². The highest BCUT2D eigenvalue weighted by Crippen LogP contribution is 2.27. The van der Waals surface area contributed by atoms with Gasteiger partial charge in [-0.05, 0) is 43.4 Å². The first kappa shape index (κ1) is 16.0. The molecule has 1 aromatic carbocycles. The van der Waals surface area contributed by atoms with Crippen LogP contribution in [0.15, 0.2) is 23.8 Å². The second-order valence-electron chi connectivity index (χ2n) is 4.47. The van der Waals surface area contributed by atoms with Gasteiger partial charge in [0.2, 0.25) is 0 Å². The van der Waals surface area contributed by atoms with Crippen LogP contribution in [0.4, 0.5) is 0 Å². The number of likely N-dealkylation sites (N-methyl/N-ethyl adjacent to an activating group) is 1. The molecule has 0 aliphatic carbocycles. The minimum Gasteiger partial charge on any atom is -0.497 e. The Labute approximate surface area is 133 Å². The number of methoxy groups -OCH3 is 2. The summed E-state index contributed by atoms with van der Waals surface area (Å²) in [4.78, 5) is 25.8. The lowest BCUT2D eigenvalue weighted by Crippen LogP contribution is -2.53. The number of carbonyl (C=O) groups is 2. The summed E-state index contributed by atoms with van der Waals surface area (Å²) in [5, 5.41) is 2.62. The van der Waals surface area contributed by atoms with E-state index in [4.69, 9.17) is 21.7 Å². The highest BCUT2D eigenvalue weighted by molar-refractivity contribution is 7.80. The predicted octanol–water partition coefficient (Wildman–Crippen LogP) is 1.35. The summed E-state index contributed by atoms with van der Waals surface area (Å²) in [5.74, 6) is 0.176. The number of benzene rings is 1. The zero-order valence-electron chi connectivity index (χ0n) is 12.5. The Morgan fingerprint density at radius 1 is 1.27 bits per heavy atom. The molecular formula is C15H16N2O4S. The third-order valence-electron chi connectivity index (χ3n) is 3.24. The second kappa shape index (κ2) is 6.57. The number of ether oxygens (including phenoxy) is 2. The maximum atomic E-state index is 12.4. The Morgan fingerprint density at radius 2 is 2.00 bits per heavy atom. The molecule has 7 heteroatoms. The van der Waals surface area contributed by atoms with Crippen LogP contribution in [0.1, 0.15) is 12.5 Å². The first-order valence-electron chi connectivity index (χ1n) is 6.62. The van der Waals surface area contributed by atoms with Crippen molar-refractivity contribution in [1.29, 1.82) is 0 Å². The Balaban J connectivity index is 2.49. The van der Waals surface area contributed by atoms with E-state index >= 15 is 0 Å². The van der Waals surface area contributed by atoms with Crippen LogP contribution in [0.25, 0.3) is 6.08 Å². The van der Waals surface area contributed by atoms with Gasteiger partial charge in [0.05, 0.1) is 14.2 Å². The molecule has 1 aromatic rings. The standard InChI is InChI=1S/C15H16N2O4S/c1-4-17-14(19)11(13(18)16-15(17)22)8-9-7-10(20-2)5-6-12(9)21-3/h5-8H,4H2,1-3H3,(H,16,18,22). The molecule has 1 aliphatic heterocycles. The summed E-state index contributed by atoms with van der Waals surface area (Å²) in [7, 11) is 3.05. The number of nitrogens with one attached hydrogen (secondary N) is 1. The summed E-state index contributed by atoms with van der Waals surface area (Å²) in [6.07, 6.45) is 1.48. The predicted molar refractivity (Wildman–Crippen MR) is 85.7 cm³/mol. The average molecular weight is 320 g/mol. The van der Waals surface area contributed by atoms with Crippen molar-refractivity contribution in [1.82, 2.24) is 10.2 Å². The van der Waals surface area contributed by atoms with E-state index in [0.717, 1.165) is 0 Å². The molecule has 0 aromatic heterocycles. The van der Waals surface area contributed by atoms with Crippen LogP contribution in [0, 0.1) is 0 Å². The van der Waals surface area contributed by atoms with Crippen molar-refractivity contribution in [3.63, 3.8) is 0 Å². The summed E-state index contributed by atoms with van der Waals surface area (Å²) in [5.41, 5.74) is 0.575. The van der Waals surface area contributed by atoms with Gasteiger partial charge in [-0.25, -0.2) is 0 Å². The molecule has 0 atom stereocenters. The number of hydrogen-bond donors (Lipinski definition) is 1. The van der Waals surface area contributed by atoms with E-state index in [-0.39, 0.29) is 10.7 Å². The number of amides is 2. The number of carbonyl (C=O) groups excluding carboxylic acids is 2. The third kappa shape index (κ3) is 2.94. The van der Waals surface area contributed by atoms with Gasteiger partial charge in [-0.1, -0.05) is 0 Å². The van der Waals surface area contributed by atoms with Crippen molar-refractivity contribution >= 4 is 35.2 Å². The summed E-state index contributed by atoms with van der Waals surface area (Å²) in [6, 6.07) is 5.13. The second-order valence-corrected chi connectivity index (χ2v) is 4.86. The molecule has 0 radical (unpaired) electrons. The minimum atomic E-state index is -0.524. The quantitative estimate of drug-likeness (QED) is 0.515. The normalized spacial score (nSPS) is 16.8. The highest BCUT2D eigenvalue weighted by Gasteiger charge is 2.32. The highest BCUT2D eigenvalue weighted by atomic mass is 32.1. The molecule has 1 fully saturated rings. The van der Waals surface area contributed by atoms with Crippen LogP contribution in [0.3, 0.4) is 0 Å². The molecule has 1 heterocycles. The molecular weight excluding hydrogens is 304 g/mol. The Kier molecular flexibility index (Phi) is 4.77. The summed E-state index contributed by atoms with van der Waals surface area (Å²) >= 11 is 4.99. The first-order valence-corrected chi connectivity index (χ1v) is 7.03. The van der Waals surface area contributed by atoms with Crippen molar-refractivity contribution < 1.29 is 19.1 Å². The molecule has 6 nitrogen and oxygen atoms in total. The van der Waals surface area contributed by atoms with Crippen molar-refractivity contribution in [2.75, 3.05) is 20.8 Å². The Bertz CT molecular complexity index is 670. The van der Waals surface area contributed by atoms with Crippen molar-refractivity contribution in [3.8, 4) is 11.5 Å². The van der Waals surface area contributed by atoms with Gasteiger partial charge < -0.3 is 9.47 Å². The molecule has 2 rings (SSSR count). The fourth-order valence-corrected chi connectivity index (χ4v) is 2.39. The smallest absolute Gasteiger partial charge is 0.265 e. The molecule has 0 spiro atoms. The lowest BCUT2D eigenvalue weighted by Gasteiger charge is -2.27. The van der Waals surface area contributed by atoms with Gasteiger partial charge in [0.1, 0.15) is 17.1 Å². The molecule has 116 valence electrons. The maximum absolute atomic E-state index is 12.4. The number of hydrogen-bond acceptors (Lipinski definition) is 5. The fourth-order valence-electron chi connectivity index (χ4n) is 2.09. The van der Waals surface area contributed by atoms with E-state index in [1.54, 1.807) is 25.1 Å². The fraction of sp³-hybridized carbons (Fsp3) is 0.267. The van der Waals surface area contributed by atoms with E-state index < -0.39 is 11.8 Å². The third-order valence-corrected chi connectivity index (χ3v) is 3.56.